The van der Waals surface area contributed by atoms with Gasteiger partial charge in [0.2, 0.25) is 17.6 Å². The first-order chi connectivity index (χ1) is 16.8. The monoisotopic (exact) mass is 476 g/mol. The molecule has 1 N–H and O–H groups in total. The fourth-order valence-electron chi connectivity index (χ4n) is 3.74. The van der Waals surface area contributed by atoms with Gasteiger partial charge in [-0.15, -0.1) is 0 Å². The van der Waals surface area contributed by atoms with E-state index in [1.807, 2.05) is 31.2 Å². The highest BCUT2D eigenvalue weighted by Crippen LogP contribution is 2.20. The molecular weight excluding hydrogens is 454 g/mol. The largest absolute Gasteiger partial charge is 0.320 e. The molecule has 0 atom stereocenters. The molecule has 0 radical (unpaired) electrons. The Morgan fingerprint density at radius 3 is 2.31 bits per heavy atom. The van der Waals surface area contributed by atoms with Crippen LogP contribution >= 0.6 is 0 Å². The van der Waals surface area contributed by atoms with Crippen molar-refractivity contribution in [3.63, 3.8) is 0 Å². The lowest BCUT2D eigenvalue weighted by molar-refractivity contribution is -0.117. The molecule has 178 valence electrons. The van der Waals surface area contributed by atoms with Gasteiger partial charge < -0.3 is 5.32 Å². The van der Waals surface area contributed by atoms with E-state index in [9.17, 15) is 23.2 Å². The Morgan fingerprint density at radius 2 is 1.63 bits per heavy atom. The predicted octanol–water partition coefficient (Wildman–Crippen LogP) is 4.17. The Labute approximate surface area is 199 Å². The summed E-state index contributed by atoms with van der Waals surface area (Å²) in [5.41, 5.74) is 1.20. The summed E-state index contributed by atoms with van der Waals surface area (Å²) in [7, 11) is 0. The maximum Gasteiger partial charge on any atom is 0.294 e. The zero-order valence-corrected chi connectivity index (χ0v) is 19.1. The number of nitrogens with one attached hydrogen (secondary N) is 1. The van der Waals surface area contributed by atoms with Crippen LogP contribution < -0.4 is 15.8 Å². The van der Waals surface area contributed by atoms with Crippen molar-refractivity contribution in [2.24, 2.45) is 0 Å². The number of benzene rings is 3. The number of rotatable bonds is 6. The smallest absolute Gasteiger partial charge is 0.294 e. The summed E-state index contributed by atoms with van der Waals surface area (Å²) >= 11 is 0. The van der Waals surface area contributed by atoms with Crippen molar-refractivity contribution in [2.75, 3.05) is 10.2 Å². The standard InChI is InChI=1S/C26H22F2N4O3/c1-16-8-3-4-9-18(16)14-31(17(2)33)25-26(35)32(22-13-6-5-12-21(22)29-25)15-23(34)30-24-19(27)10-7-11-20(24)28/h3-13H,14-15H2,1-2H3,(H,30,34). The summed E-state index contributed by atoms with van der Waals surface area (Å²) in [4.78, 5) is 44.5. The zero-order valence-electron chi connectivity index (χ0n) is 19.1. The minimum atomic E-state index is -0.938. The van der Waals surface area contributed by atoms with Crippen LogP contribution in [-0.4, -0.2) is 21.4 Å². The van der Waals surface area contributed by atoms with Crippen LogP contribution in [-0.2, 0) is 22.7 Å². The van der Waals surface area contributed by atoms with Gasteiger partial charge in [-0.2, -0.15) is 0 Å². The molecule has 0 spiro atoms. The summed E-state index contributed by atoms with van der Waals surface area (Å²) in [6.45, 7) is 2.78. The third-order valence-corrected chi connectivity index (χ3v) is 5.59. The molecule has 35 heavy (non-hydrogen) atoms. The number of halogens is 2. The van der Waals surface area contributed by atoms with Crippen molar-refractivity contribution in [1.82, 2.24) is 9.55 Å². The summed E-state index contributed by atoms with van der Waals surface area (Å²) in [6.07, 6.45) is 0. The van der Waals surface area contributed by atoms with Crippen molar-refractivity contribution in [2.45, 2.75) is 26.9 Å². The van der Waals surface area contributed by atoms with E-state index in [1.54, 1.807) is 24.3 Å². The topological polar surface area (TPSA) is 84.3 Å². The van der Waals surface area contributed by atoms with Gasteiger partial charge in [0.15, 0.2) is 0 Å². The molecule has 0 aliphatic rings. The molecule has 0 fully saturated rings. The van der Waals surface area contributed by atoms with Gasteiger partial charge in [-0.05, 0) is 42.3 Å². The SMILES string of the molecule is CC(=O)N(Cc1ccccc1C)c1nc2ccccc2n(CC(=O)Nc2c(F)cccc2F)c1=O. The molecule has 0 unspecified atom stereocenters. The lowest BCUT2D eigenvalue weighted by atomic mass is 10.1. The molecule has 2 amide bonds. The van der Waals surface area contributed by atoms with Gasteiger partial charge in [0.25, 0.3) is 5.56 Å². The number of fused-ring (bicyclic) bond motifs is 1. The number of para-hydroxylation sites is 3. The average Bonchev–Trinajstić information content (AvgIpc) is 2.82. The van der Waals surface area contributed by atoms with Gasteiger partial charge in [-0.1, -0.05) is 42.5 Å². The number of carbonyl (C=O) groups is 2. The predicted molar refractivity (Wildman–Crippen MR) is 129 cm³/mol. The number of anilines is 2. The molecule has 1 heterocycles. The maximum atomic E-state index is 14.0. The van der Waals surface area contributed by atoms with Crippen molar-refractivity contribution in [1.29, 1.82) is 0 Å². The lowest BCUT2D eigenvalue weighted by Gasteiger charge is -2.22. The van der Waals surface area contributed by atoms with E-state index in [4.69, 9.17) is 0 Å². The Morgan fingerprint density at radius 1 is 0.971 bits per heavy atom. The second-order valence-electron chi connectivity index (χ2n) is 7.99. The number of hydrogen-bond acceptors (Lipinski definition) is 4. The summed E-state index contributed by atoms with van der Waals surface area (Å²) in [5, 5.41) is 2.19. The molecule has 3 aromatic carbocycles. The van der Waals surface area contributed by atoms with Gasteiger partial charge in [0.05, 0.1) is 17.6 Å². The number of nitrogens with zero attached hydrogens (tertiary/aromatic N) is 3. The van der Waals surface area contributed by atoms with Crippen LogP contribution in [0.4, 0.5) is 20.3 Å². The minimum absolute atomic E-state index is 0.106. The molecule has 1 aromatic heterocycles. The second-order valence-corrected chi connectivity index (χ2v) is 7.99. The Bertz CT molecular complexity index is 1480. The Hall–Kier alpha value is -4.40. The van der Waals surface area contributed by atoms with Crippen molar-refractivity contribution < 1.29 is 18.4 Å². The van der Waals surface area contributed by atoms with Crippen molar-refractivity contribution >= 4 is 34.4 Å². The van der Waals surface area contributed by atoms with Crippen LogP contribution in [0, 0.1) is 18.6 Å². The highest BCUT2D eigenvalue weighted by Gasteiger charge is 2.22. The van der Waals surface area contributed by atoms with Crippen LogP contribution in [0.1, 0.15) is 18.1 Å². The van der Waals surface area contributed by atoms with Crippen molar-refractivity contribution in [3.05, 3.63) is 99.8 Å². The van der Waals surface area contributed by atoms with E-state index in [0.29, 0.717) is 11.0 Å². The first-order valence-corrected chi connectivity index (χ1v) is 10.8. The highest BCUT2D eigenvalue weighted by molar-refractivity contribution is 5.93. The summed E-state index contributed by atoms with van der Waals surface area (Å²) < 4.78 is 29.1. The van der Waals surface area contributed by atoms with E-state index in [2.05, 4.69) is 10.3 Å². The highest BCUT2D eigenvalue weighted by atomic mass is 19.1. The molecular formula is C26H22F2N4O3. The number of aryl methyl sites for hydroxylation is 1. The average molecular weight is 476 g/mol. The molecule has 4 rings (SSSR count). The van der Waals surface area contributed by atoms with Gasteiger partial charge in [0, 0.05) is 6.92 Å². The summed E-state index contributed by atoms with van der Waals surface area (Å²) in [6, 6.07) is 17.3. The first kappa shape index (κ1) is 23.7. The van der Waals surface area contributed by atoms with Gasteiger partial charge in [-0.3, -0.25) is 23.9 Å². The molecule has 0 bridgehead atoms. The molecule has 0 aliphatic heterocycles. The molecule has 4 aromatic rings. The van der Waals surface area contributed by atoms with E-state index < -0.39 is 41.2 Å². The number of amides is 2. The zero-order chi connectivity index (χ0) is 25.1. The molecule has 7 nitrogen and oxygen atoms in total. The van der Waals surface area contributed by atoms with Crippen LogP contribution in [0.15, 0.2) is 71.5 Å². The lowest BCUT2D eigenvalue weighted by Crippen LogP contribution is -2.38. The van der Waals surface area contributed by atoms with Crippen LogP contribution in [0.2, 0.25) is 0 Å². The normalized spacial score (nSPS) is 10.9. The minimum Gasteiger partial charge on any atom is -0.320 e. The fourth-order valence-corrected chi connectivity index (χ4v) is 3.74. The number of aromatic nitrogens is 2. The number of carbonyl (C=O) groups excluding carboxylic acids is 2. The van der Waals surface area contributed by atoms with Crippen LogP contribution in [0.3, 0.4) is 0 Å². The first-order valence-electron chi connectivity index (χ1n) is 10.8. The third-order valence-electron chi connectivity index (χ3n) is 5.59. The van der Waals surface area contributed by atoms with E-state index in [0.717, 1.165) is 27.8 Å². The Balaban J connectivity index is 1.77. The van der Waals surface area contributed by atoms with E-state index >= 15 is 0 Å². The van der Waals surface area contributed by atoms with E-state index in [1.165, 1.54) is 17.9 Å². The fraction of sp³-hybridized carbons (Fsp3) is 0.154. The summed E-state index contributed by atoms with van der Waals surface area (Å²) in [5.74, 6) is -3.24. The Kier molecular flexibility index (Phi) is 6.68. The van der Waals surface area contributed by atoms with Gasteiger partial charge >= 0.3 is 0 Å². The number of hydrogen-bond donors (Lipinski definition) is 1. The van der Waals surface area contributed by atoms with Gasteiger partial charge in [0.1, 0.15) is 23.9 Å². The molecule has 9 heteroatoms. The molecule has 0 saturated carbocycles. The van der Waals surface area contributed by atoms with Crippen molar-refractivity contribution in [3.8, 4) is 0 Å². The third kappa shape index (κ3) is 4.93. The molecule has 0 saturated heterocycles. The maximum absolute atomic E-state index is 14.0. The molecule has 0 aliphatic carbocycles. The second kappa shape index (κ2) is 9.84. The van der Waals surface area contributed by atoms with Crippen LogP contribution in [0.5, 0.6) is 0 Å². The van der Waals surface area contributed by atoms with E-state index in [-0.39, 0.29) is 12.4 Å². The van der Waals surface area contributed by atoms with Gasteiger partial charge in [-0.25, -0.2) is 13.8 Å². The quantitative estimate of drug-likeness (QED) is 0.453. The van der Waals surface area contributed by atoms with Crippen LogP contribution in [0.25, 0.3) is 11.0 Å².